The van der Waals surface area contributed by atoms with E-state index >= 15 is 0 Å². The first-order valence-corrected chi connectivity index (χ1v) is 10.4. The van der Waals surface area contributed by atoms with Gasteiger partial charge in [-0.2, -0.15) is 0 Å². The fourth-order valence-corrected chi connectivity index (χ4v) is 4.13. The van der Waals surface area contributed by atoms with Gasteiger partial charge in [0, 0.05) is 19.8 Å². The molecule has 0 radical (unpaired) electrons. The lowest BCUT2D eigenvalue weighted by Gasteiger charge is -2.27. The number of ether oxygens (including phenoxy) is 1. The lowest BCUT2D eigenvalue weighted by molar-refractivity contribution is -0.114. The summed E-state index contributed by atoms with van der Waals surface area (Å²) in [6.07, 6.45) is 0.486. The van der Waals surface area contributed by atoms with Crippen molar-refractivity contribution in [3.8, 4) is 0 Å². The highest BCUT2D eigenvalue weighted by molar-refractivity contribution is 8.08. The summed E-state index contributed by atoms with van der Waals surface area (Å²) in [5.41, 5.74) is 0.377. The zero-order valence-corrected chi connectivity index (χ0v) is 16.4. The molecule has 0 atom stereocenters. The van der Waals surface area contributed by atoms with Crippen molar-refractivity contribution in [2.24, 2.45) is 5.10 Å². The van der Waals surface area contributed by atoms with E-state index in [9.17, 15) is 22.0 Å². The van der Waals surface area contributed by atoms with E-state index < -0.39 is 37.3 Å². The molecule has 1 aliphatic rings. The van der Waals surface area contributed by atoms with Crippen molar-refractivity contribution in [1.82, 2.24) is 5.32 Å². The van der Waals surface area contributed by atoms with Crippen LogP contribution in [-0.2, 0) is 19.4 Å². The van der Waals surface area contributed by atoms with Gasteiger partial charge in [0.25, 0.3) is 5.91 Å². The first kappa shape index (κ1) is 20.9. The van der Waals surface area contributed by atoms with Crippen LogP contribution in [0.15, 0.2) is 52.5 Å². The second-order valence-electron chi connectivity index (χ2n) is 6.12. The molecule has 2 aromatic rings. The first-order chi connectivity index (χ1) is 13.8. The smallest absolute Gasteiger partial charge is 0.283 e. The van der Waals surface area contributed by atoms with Crippen LogP contribution in [0.5, 0.6) is 0 Å². The Morgan fingerprint density at radius 2 is 1.83 bits per heavy atom. The lowest BCUT2D eigenvalue weighted by Crippen LogP contribution is -2.40. The summed E-state index contributed by atoms with van der Waals surface area (Å²) < 4.78 is 58.0. The molecule has 0 spiro atoms. The second kappa shape index (κ2) is 8.66. The standard InChI is InChI=1S/C19H19F2N3O4S/c1-2-28-11-3-10-22-18(25)19-23-24(15-7-4-13(20)5-8-15)16-9-6-14(21)12-17(16)29(19,26)27/h4-9,12H,2-3,10-11H2,1H3,(H,22,25). The molecule has 0 saturated carbocycles. The molecular formula is C19H19F2N3O4S. The summed E-state index contributed by atoms with van der Waals surface area (Å²) in [4.78, 5) is 12.1. The van der Waals surface area contributed by atoms with Crippen LogP contribution in [-0.4, -0.2) is 39.1 Å². The average Bonchev–Trinajstić information content (AvgIpc) is 2.69. The van der Waals surface area contributed by atoms with Gasteiger partial charge >= 0.3 is 0 Å². The number of hydrogen-bond acceptors (Lipinski definition) is 6. The molecule has 7 nitrogen and oxygen atoms in total. The van der Waals surface area contributed by atoms with E-state index in [4.69, 9.17) is 4.74 Å². The van der Waals surface area contributed by atoms with Crippen molar-refractivity contribution >= 4 is 32.2 Å². The Kier molecular flexibility index (Phi) is 6.23. The SMILES string of the molecule is CCOCCCNC(=O)C1=NN(c2ccc(F)cc2)c2ccc(F)cc2S1(=O)=O. The maximum Gasteiger partial charge on any atom is 0.283 e. The molecule has 1 heterocycles. The van der Waals surface area contributed by atoms with E-state index in [0.717, 1.165) is 12.1 Å². The molecule has 0 fully saturated rings. The average molecular weight is 423 g/mol. The van der Waals surface area contributed by atoms with E-state index in [1.807, 2.05) is 6.92 Å². The molecule has 2 aromatic carbocycles. The minimum Gasteiger partial charge on any atom is -0.382 e. The number of anilines is 2. The fourth-order valence-electron chi connectivity index (χ4n) is 2.72. The predicted octanol–water partition coefficient (Wildman–Crippen LogP) is 2.75. The summed E-state index contributed by atoms with van der Waals surface area (Å²) in [5.74, 6) is -2.18. The van der Waals surface area contributed by atoms with Gasteiger partial charge in [-0.05, 0) is 55.8 Å². The molecule has 0 unspecified atom stereocenters. The summed E-state index contributed by atoms with van der Waals surface area (Å²) in [5, 5.41) is 6.88. The van der Waals surface area contributed by atoms with E-state index in [2.05, 4.69) is 10.4 Å². The number of hydrazone groups is 1. The highest BCUT2D eigenvalue weighted by atomic mass is 32.2. The highest BCUT2D eigenvalue weighted by Crippen LogP contribution is 2.37. The van der Waals surface area contributed by atoms with Crippen LogP contribution in [0.25, 0.3) is 0 Å². The van der Waals surface area contributed by atoms with E-state index in [1.54, 1.807) is 0 Å². The summed E-state index contributed by atoms with van der Waals surface area (Å²) >= 11 is 0. The monoisotopic (exact) mass is 423 g/mol. The third-order valence-corrected chi connectivity index (χ3v) is 5.79. The van der Waals surface area contributed by atoms with Gasteiger partial charge in [0.1, 0.15) is 16.5 Å². The van der Waals surface area contributed by atoms with Crippen LogP contribution in [0.2, 0.25) is 0 Å². The van der Waals surface area contributed by atoms with Crippen LogP contribution in [0.1, 0.15) is 13.3 Å². The van der Waals surface area contributed by atoms with Crippen LogP contribution in [0, 0.1) is 11.6 Å². The van der Waals surface area contributed by atoms with Crippen molar-refractivity contribution in [1.29, 1.82) is 0 Å². The number of carbonyl (C=O) groups is 1. The van der Waals surface area contributed by atoms with Crippen LogP contribution >= 0.6 is 0 Å². The quantitative estimate of drug-likeness (QED) is 0.692. The Morgan fingerprint density at radius 1 is 1.14 bits per heavy atom. The number of sulfone groups is 1. The fraction of sp³-hybridized carbons (Fsp3) is 0.263. The number of rotatable bonds is 7. The molecule has 3 rings (SSSR count). The van der Waals surface area contributed by atoms with Crippen LogP contribution in [0.3, 0.4) is 0 Å². The zero-order chi connectivity index (χ0) is 21.0. The van der Waals surface area contributed by atoms with Gasteiger partial charge in [-0.25, -0.2) is 22.2 Å². The minimum atomic E-state index is -4.35. The van der Waals surface area contributed by atoms with Crippen molar-refractivity contribution in [3.63, 3.8) is 0 Å². The minimum absolute atomic E-state index is 0.0610. The number of halogens is 2. The normalized spacial score (nSPS) is 14.9. The highest BCUT2D eigenvalue weighted by Gasteiger charge is 2.38. The van der Waals surface area contributed by atoms with E-state index in [1.165, 1.54) is 35.3 Å². The second-order valence-corrected chi connectivity index (χ2v) is 7.95. The molecule has 0 saturated heterocycles. The van der Waals surface area contributed by atoms with Crippen LogP contribution in [0.4, 0.5) is 20.2 Å². The number of benzene rings is 2. The van der Waals surface area contributed by atoms with Gasteiger partial charge in [-0.15, -0.1) is 5.10 Å². The molecule has 10 heteroatoms. The molecule has 1 aliphatic heterocycles. The molecule has 0 aliphatic carbocycles. The first-order valence-electron chi connectivity index (χ1n) is 8.89. The van der Waals surface area contributed by atoms with E-state index in [-0.39, 0.29) is 12.2 Å². The summed E-state index contributed by atoms with van der Waals surface area (Å²) in [6.45, 7) is 2.96. The maximum absolute atomic E-state index is 13.8. The maximum atomic E-state index is 13.8. The molecule has 154 valence electrons. The zero-order valence-electron chi connectivity index (χ0n) is 15.6. The summed E-state index contributed by atoms with van der Waals surface area (Å²) in [7, 11) is -4.35. The van der Waals surface area contributed by atoms with Crippen molar-refractivity contribution in [2.75, 3.05) is 24.8 Å². The molecule has 0 bridgehead atoms. The predicted molar refractivity (Wildman–Crippen MR) is 104 cm³/mol. The molecular weight excluding hydrogens is 404 g/mol. The Labute approximate surface area is 166 Å². The van der Waals surface area contributed by atoms with Gasteiger partial charge in [0.15, 0.2) is 0 Å². The van der Waals surface area contributed by atoms with Crippen LogP contribution < -0.4 is 10.3 Å². The topological polar surface area (TPSA) is 88.1 Å². The molecule has 0 aromatic heterocycles. The number of amides is 1. The molecule has 29 heavy (non-hydrogen) atoms. The van der Waals surface area contributed by atoms with Crippen molar-refractivity contribution in [3.05, 3.63) is 54.1 Å². The largest absolute Gasteiger partial charge is 0.382 e. The number of nitrogens with one attached hydrogen (secondary N) is 1. The number of nitrogens with zero attached hydrogens (tertiary/aromatic N) is 2. The number of fused-ring (bicyclic) bond motifs is 1. The van der Waals surface area contributed by atoms with Gasteiger partial charge in [0.2, 0.25) is 14.9 Å². The van der Waals surface area contributed by atoms with Crippen molar-refractivity contribution < 1.29 is 26.7 Å². The third-order valence-electron chi connectivity index (χ3n) is 4.11. The Balaban J connectivity index is 1.98. The van der Waals surface area contributed by atoms with Gasteiger partial charge in [-0.1, -0.05) is 0 Å². The Bertz CT molecular complexity index is 1040. The number of carbonyl (C=O) groups excluding carboxylic acids is 1. The van der Waals surface area contributed by atoms with E-state index in [0.29, 0.717) is 25.3 Å². The lowest BCUT2D eigenvalue weighted by atomic mass is 10.2. The number of hydrogen-bond donors (Lipinski definition) is 1. The Morgan fingerprint density at radius 3 is 2.52 bits per heavy atom. The molecule has 1 N–H and O–H groups in total. The van der Waals surface area contributed by atoms with Gasteiger partial charge < -0.3 is 10.1 Å². The Hall–Kier alpha value is -2.85. The summed E-state index contributed by atoms with van der Waals surface area (Å²) in [6, 6.07) is 8.25. The van der Waals surface area contributed by atoms with Gasteiger partial charge in [0.05, 0.1) is 11.4 Å². The van der Waals surface area contributed by atoms with Gasteiger partial charge in [-0.3, -0.25) is 4.79 Å². The third kappa shape index (κ3) is 4.43. The van der Waals surface area contributed by atoms with Crippen molar-refractivity contribution in [2.45, 2.75) is 18.2 Å². The molecule has 1 amide bonds.